The Balaban J connectivity index is 1.30. The zero-order valence-corrected chi connectivity index (χ0v) is 25.2. The molecule has 4 aromatic rings. The zero-order valence-electron chi connectivity index (χ0n) is 24.4. The van der Waals surface area contributed by atoms with Crippen LogP contribution in [-0.2, 0) is 17.8 Å². The molecule has 43 heavy (non-hydrogen) atoms. The Hall–Kier alpha value is -4.35. The summed E-state index contributed by atoms with van der Waals surface area (Å²) >= 11 is 1.18. The van der Waals surface area contributed by atoms with Crippen molar-refractivity contribution in [3.05, 3.63) is 94.3 Å². The van der Waals surface area contributed by atoms with Crippen LogP contribution in [0.25, 0.3) is 10.6 Å². The van der Waals surface area contributed by atoms with E-state index in [1.54, 1.807) is 12.1 Å². The average Bonchev–Trinajstić information content (AvgIpc) is 3.47. The number of nitrogens with zero attached hydrogens (tertiary/aromatic N) is 2. The third kappa shape index (κ3) is 8.82. The maximum Gasteiger partial charge on any atom is 0.407 e. The van der Waals surface area contributed by atoms with Crippen LogP contribution < -0.4 is 15.4 Å². The summed E-state index contributed by atoms with van der Waals surface area (Å²) in [7, 11) is 0. The molecular formula is C32H35FN4O5S. The number of carbonyl (C=O) groups excluding carboxylic acids is 2. The standard InChI is InChI=1S/C32H35FN4O5S/c1-4-5-12-23-13-9-14-26(27(23)33)29(39)35-31-37-36-30(43-31)24-15-20(2)28(21(3)16-24)41-19-25(38)17-34-32(40)42-18-22-10-7-6-8-11-22/h6-11,13-16,25,38H,4-5,12,17-19H2,1-3H3,(H,34,40)(H,35,37,39). The van der Waals surface area contributed by atoms with Gasteiger partial charge >= 0.3 is 6.09 Å². The molecule has 2 amide bonds. The van der Waals surface area contributed by atoms with Crippen molar-refractivity contribution in [2.24, 2.45) is 0 Å². The molecule has 4 rings (SSSR count). The first-order valence-corrected chi connectivity index (χ1v) is 14.9. The summed E-state index contributed by atoms with van der Waals surface area (Å²) in [5, 5.41) is 24.6. The van der Waals surface area contributed by atoms with E-state index in [4.69, 9.17) is 9.47 Å². The number of rotatable bonds is 13. The van der Waals surface area contributed by atoms with Gasteiger partial charge in [-0.05, 0) is 67.1 Å². The van der Waals surface area contributed by atoms with E-state index in [2.05, 4.69) is 20.8 Å². The van der Waals surface area contributed by atoms with Crippen molar-refractivity contribution in [3.63, 3.8) is 0 Å². The molecule has 0 radical (unpaired) electrons. The van der Waals surface area contributed by atoms with Crippen molar-refractivity contribution in [3.8, 4) is 16.3 Å². The number of halogens is 1. The molecule has 0 bridgehead atoms. The minimum absolute atomic E-state index is 0.0278. The Morgan fingerprint density at radius 3 is 2.51 bits per heavy atom. The Morgan fingerprint density at radius 1 is 1.05 bits per heavy atom. The number of hydrogen-bond donors (Lipinski definition) is 3. The molecule has 0 aliphatic heterocycles. The number of hydrogen-bond acceptors (Lipinski definition) is 8. The second-order valence-corrected chi connectivity index (χ2v) is 11.1. The van der Waals surface area contributed by atoms with Crippen molar-refractivity contribution in [2.75, 3.05) is 18.5 Å². The molecule has 0 saturated heterocycles. The van der Waals surface area contributed by atoms with Crippen molar-refractivity contribution >= 4 is 28.5 Å². The maximum absolute atomic E-state index is 14.9. The molecule has 3 aromatic carbocycles. The fraction of sp³-hybridized carbons (Fsp3) is 0.312. The number of anilines is 1. The van der Waals surface area contributed by atoms with E-state index >= 15 is 0 Å². The van der Waals surface area contributed by atoms with Crippen LogP contribution in [0.5, 0.6) is 5.75 Å². The predicted octanol–water partition coefficient (Wildman–Crippen LogP) is 6.22. The van der Waals surface area contributed by atoms with Gasteiger partial charge in [0.15, 0.2) is 0 Å². The number of benzene rings is 3. The molecule has 226 valence electrons. The van der Waals surface area contributed by atoms with Crippen LogP contribution in [0.15, 0.2) is 60.7 Å². The van der Waals surface area contributed by atoms with E-state index in [1.807, 2.05) is 63.2 Å². The summed E-state index contributed by atoms with van der Waals surface area (Å²) < 4.78 is 25.9. The second kappa shape index (κ2) is 15.2. The number of aromatic nitrogens is 2. The van der Waals surface area contributed by atoms with Crippen LogP contribution in [0.3, 0.4) is 0 Å². The molecule has 9 nitrogen and oxygen atoms in total. The van der Waals surface area contributed by atoms with Gasteiger partial charge in [0, 0.05) is 5.56 Å². The minimum Gasteiger partial charge on any atom is -0.490 e. The number of unbranched alkanes of at least 4 members (excludes halogenated alkanes) is 1. The first-order chi connectivity index (χ1) is 20.7. The lowest BCUT2D eigenvalue weighted by Gasteiger charge is -2.17. The van der Waals surface area contributed by atoms with E-state index in [0.717, 1.165) is 35.1 Å². The van der Waals surface area contributed by atoms with Gasteiger partial charge in [0.2, 0.25) is 5.13 Å². The first kappa shape index (κ1) is 31.6. The number of ether oxygens (including phenoxy) is 2. The number of amides is 2. The highest BCUT2D eigenvalue weighted by atomic mass is 32.1. The fourth-order valence-corrected chi connectivity index (χ4v) is 5.11. The topological polar surface area (TPSA) is 123 Å². The Morgan fingerprint density at radius 2 is 1.79 bits per heavy atom. The summed E-state index contributed by atoms with van der Waals surface area (Å²) in [6.07, 6.45) is 0.772. The number of carbonyl (C=O) groups is 2. The molecular weight excluding hydrogens is 571 g/mol. The van der Waals surface area contributed by atoms with Crippen molar-refractivity contribution in [1.29, 1.82) is 0 Å². The van der Waals surface area contributed by atoms with E-state index < -0.39 is 23.9 Å². The molecule has 0 spiro atoms. The van der Waals surface area contributed by atoms with Gasteiger partial charge < -0.3 is 19.9 Å². The van der Waals surface area contributed by atoms with E-state index in [-0.39, 0.29) is 30.5 Å². The fourth-order valence-electron chi connectivity index (χ4n) is 4.39. The van der Waals surface area contributed by atoms with Gasteiger partial charge in [-0.3, -0.25) is 10.1 Å². The lowest BCUT2D eigenvalue weighted by molar-refractivity contribution is 0.0960. The Bertz CT molecular complexity index is 1520. The van der Waals surface area contributed by atoms with Crippen molar-refractivity contribution in [1.82, 2.24) is 15.5 Å². The number of aliphatic hydroxyl groups is 1. The van der Waals surface area contributed by atoms with E-state index in [9.17, 15) is 19.1 Å². The van der Waals surface area contributed by atoms with Crippen LogP contribution in [-0.4, -0.2) is 46.6 Å². The minimum atomic E-state index is -0.950. The normalized spacial score (nSPS) is 11.6. The Kier molecular flexibility index (Phi) is 11.2. The van der Waals surface area contributed by atoms with Gasteiger partial charge in [-0.2, -0.15) is 0 Å². The average molecular weight is 607 g/mol. The maximum atomic E-state index is 14.9. The van der Waals surface area contributed by atoms with Gasteiger partial charge in [0.05, 0.1) is 12.1 Å². The SMILES string of the molecule is CCCCc1cccc(C(=O)Nc2nnc(-c3cc(C)c(OCC(O)CNC(=O)OCc4ccccc4)c(C)c3)s2)c1F. The van der Waals surface area contributed by atoms with Gasteiger partial charge in [0.1, 0.15) is 35.9 Å². The number of aryl methyl sites for hydroxylation is 3. The lowest BCUT2D eigenvalue weighted by atomic mass is 10.0. The molecule has 3 N–H and O–H groups in total. The molecule has 0 saturated carbocycles. The van der Waals surface area contributed by atoms with E-state index in [0.29, 0.717) is 22.7 Å². The lowest BCUT2D eigenvalue weighted by Crippen LogP contribution is -2.35. The summed E-state index contributed by atoms with van der Waals surface area (Å²) in [6, 6.07) is 17.9. The monoisotopic (exact) mass is 606 g/mol. The third-order valence-corrected chi connectivity index (χ3v) is 7.48. The van der Waals surface area contributed by atoms with Gasteiger partial charge in [0.25, 0.3) is 5.91 Å². The van der Waals surface area contributed by atoms with Gasteiger partial charge in [-0.15, -0.1) is 10.2 Å². The first-order valence-electron chi connectivity index (χ1n) is 14.0. The third-order valence-electron chi connectivity index (χ3n) is 6.59. The quantitative estimate of drug-likeness (QED) is 0.165. The number of alkyl carbamates (subject to hydrolysis) is 1. The van der Waals surface area contributed by atoms with E-state index in [1.165, 1.54) is 17.4 Å². The van der Waals surface area contributed by atoms with Crippen LogP contribution in [0.4, 0.5) is 14.3 Å². The highest BCUT2D eigenvalue weighted by Gasteiger charge is 2.18. The molecule has 11 heteroatoms. The summed E-state index contributed by atoms with van der Waals surface area (Å²) in [4.78, 5) is 24.7. The molecule has 1 unspecified atom stereocenters. The summed E-state index contributed by atoms with van der Waals surface area (Å²) in [6.45, 7) is 5.84. The molecule has 1 heterocycles. The predicted molar refractivity (Wildman–Crippen MR) is 164 cm³/mol. The van der Waals surface area contributed by atoms with Gasteiger partial charge in [-0.25, -0.2) is 9.18 Å². The summed E-state index contributed by atoms with van der Waals surface area (Å²) in [5.74, 6) is -0.484. The zero-order chi connectivity index (χ0) is 30.8. The highest BCUT2D eigenvalue weighted by Crippen LogP contribution is 2.33. The summed E-state index contributed by atoms with van der Waals surface area (Å²) in [5.41, 5.74) is 3.75. The van der Waals surface area contributed by atoms with Crippen LogP contribution in [0.2, 0.25) is 0 Å². The Labute approximate surface area is 254 Å². The smallest absolute Gasteiger partial charge is 0.407 e. The molecule has 0 aliphatic rings. The van der Waals surface area contributed by atoms with Crippen LogP contribution >= 0.6 is 11.3 Å². The highest BCUT2D eigenvalue weighted by molar-refractivity contribution is 7.18. The molecule has 1 aromatic heterocycles. The van der Waals surface area contributed by atoms with Gasteiger partial charge in [-0.1, -0.05) is 67.1 Å². The molecule has 0 fully saturated rings. The second-order valence-electron chi connectivity index (χ2n) is 10.1. The van der Waals surface area contributed by atoms with Crippen LogP contribution in [0.1, 0.15) is 52.4 Å². The molecule has 0 aliphatic carbocycles. The largest absolute Gasteiger partial charge is 0.490 e. The number of aliphatic hydroxyl groups excluding tert-OH is 1. The van der Waals surface area contributed by atoms with Crippen molar-refractivity contribution < 1.29 is 28.6 Å². The molecule has 1 atom stereocenters. The van der Waals surface area contributed by atoms with Crippen LogP contribution in [0, 0.1) is 19.7 Å². The number of nitrogens with one attached hydrogen (secondary N) is 2. The van der Waals surface area contributed by atoms with Crippen molar-refractivity contribution in [2.45, 2.75) is 52.7 Å².